The summed E-state index contributed by atoms with van der Waals surface area (Å²) in [6.07, 6.45) is 0. The topological polar surface area (TPSA) is 8.17 Å². The number of hydrogen-bond acceptors (Lipinski definition) is 1. The van der Waals surface area contributed by atoms with Crippen molar-refractivity contribution in [2.45, 2.75) is 30.1 Å². The lowest BCUT2D eigenvalue weighted by Gasteiger charge is -2.48. The largest absolute Gasteiger partial charge is 0.310 e. The summed E-state index contributed by atoms with van der Waals surface area (Å²) in [5.74, 6) is 0. The van der Waals surface area contributed by atoms with Gasteiger partial charge in [-0.2, -0.15) is 0 Å². The van der Waals surface area contributed by atoms with Gasteiger partial charge >= 0.3 is 0 Å². The lowest BCUT2D eigenvalue weighted by atomic mass is 9.52. The molecule has 0 radical (unpaired) electrons. The second-order valence-corrected chi connectivity index (χ2v) is 22.6. The minimum absolute atomic E-state index is 0.179. The number of rotatable bonds is 5. The van der Waals surface area contributed by atoms with Gasteiger partial charge in [0.25, 0.3) is 0 Å². The highest BCUT2D eigenvalue weighted by molar-refractivity contribution is 6.09. The van der Waals surface area contributed by atoms with Crippen molar-refractivity contribution in [3.8, 4) is 50.2 Å². The molecule has 17 rings (SSSR count). The van der Waals surface area contributed by atoms with Gasteiger partial charge < -0.3 is 9.47 Å². The first-order valence-corrected chi connectivity index (χ1v) is 27.8. The highest BCUT2D eigenvalue weighted by atomic mass is 15.1. The summed E-state index contributed by atoms with van der Waals surface area (Å²) in [6.45, 7) is 4.78. The predicted octanol–water partition coefficient (Wildman–Crippen LogP) is 19.3. The van der Waals surface area contributed by atoms with E-state index in [1.165, 1.54) is 122 Å². The summed E-state index contributed by atoms with van der Waals surface area (Å²) < 4.78 is 2.39. The number of para-hydroxylation sites is 2. The van der Waals surface area contributed by atoms with Gasteiger partial charge in [-0.05, 0) is 149 Å². The second-order valence-electron chi connectivity index (χ2n) is 22.6. The number of aromatic nitrogens is 1. The highest BCUT2D eigenvalue weighted by Gasteiger charge is 2.59. The zero-order valence-electron chi connectivity index (χ0n) is 44.0. The molecule has 4 aliphatic rings. The van der Waals surface area contributed by atoms with E-state index in [1.807, 2.05) is 0 Å². The first-order valence-electron chi connectivity index (χ1n) is 27.8. The van der Waals surface area contributed by atoms with E-state index in [9.17, 15) is 0 Å². The Labute approximate surface area is 460 Å². The van der Waals surface area contributed by atoms with Crippen molar-refractivity contribution < 1.29 is 0 Å². The molecule has 0 saturated heterocycles. The molecular weight excluding hydrogens is 953 g/mol. The number of anilines is 3. The molecule has 79 heavy (non-hydrogen) atoms. The molecule has 370 valence electrons. The smallest absolute Gasteiger partial charge is 0.0720 e. The van der Waals surface area contributed by atoms with Crippen molar-refractivity contribution >= 4 is 38.9 Å². The maximum absolute atomic E-state index is 2.55. The molecule has 1 aromatic heterocycles. The number of nitrogens with zero attached hydrogens (tertiary/aromatic N) is 2. The Hall–Kier alpha value is -9.76. The Balaban J connectivity index is 0.870. The van der Waals surface area contributed by atoms with Crippen LogP contribution in [0.25, 0.3) is 72.0 Å². The molecule has 0 bridgehead atoms. The van der Waals surface area contributed by atoms with Crippen molar-refractivity contribution in [2.75, 3.05) is 4.90 Å². The van der Waals surface area contributed by atoms with Gasteiger partial charge in [0.15, 0.2) is 0 Å². The summed E-state index contributed by atoms with van der Waals surface area (Å²) in [4.78, 5) is 2.55. The number of benzene rings is 12. The molecule has 0 fully saturated rings. The maximum Gasteiger partial charge on any atom is 0.0720 e. The minimum Gasteiger partial charge on any atom is -0.310 e. The van der Waals surface area contributed by atoms with E-state index in [1.54, 1.807) is 0 Å². The van der Waals surface area contributed by atoms with Gasteiger partial charge in [0.2, 0.25) is 0 Å². The van der Waals surface area contributed by atoms with E-state index in [-0.39, 0.29) is 5.41 Å². The van der Waals surface area contributed by atoms with Crippen molar-refractivity contribution in [1.82, 2.24) is 4.57 Å². The molecule has 0 aliphatic heterocycles. The fourth-order valence-electron chi connectivity index (χ4n) is 15.5. The van der Waals surface area contributed by atoms with Crippen LogP contribution >= 0.6 is 0 Å². The molecule has 2 spiro atoms. The third kappa shape index (κ3) is 5.70. The van der Waals surface area contributed by atoms with Crippen LogP contribution in [-0.2, 0) is 16.2 Å². The fourth-order valence-corrected chi connectivity index (χ4v) is 15.5. The first-order chi connectivity index (χ1) is 39.0. The molecule has 1 heterocycles. The maximum atomic E-state index is 2.55. The third-order valence-electron chi connectivity index (χ3n) is 18.7. The summed E-state index contributed by atoms with van der Waals surface area (Å²) in [6, 6.07) is 106. The molecular formula is C77H52N2. The summed E-state index contributed by atoms with van der Waals surface area (Å²) in [5, 5.41) is 2.54. The number of fused-ring (bicyclic) bond motifs is 22. The van der Waals surface area contributed by atoms with Gasteiger partial charge in [0, 0.05) is 38.8 Å². The Kier molecular flexibility index (Phi) is 9.07. The molecule has 0 amide bonds. The van der Waals surface area contributed by atoms with Crippen LogP contribution < -0.4 is 4.90 Å². The van der Waals surface area contributed by atoms with E-state index in [0.29, 0.717) is 0 Å². The zero-order valence-corrected chi connectivity index (χ0v) is 44.0. The Morgan fingerprint density at radius 2 is 0.684 bits per heavy atom. The van der Waals surface area contributed by atoms with Crippen LogP contribution in [0.2, 0.25) is 0 Å². The summed E-state index contributed by atoms with van der Waals surface area (Å²) in [5.41, 5.74) is 29.2. The molecule has 0 N–H and O–H groups in total. The van der Waals surface area contributed by atoms with Crippen LogP contribution in [0.15, 0.2) is 279 Å². The average Bonchev–Trinajstić information content (AvgIpc) is 3.45. The summed E-state index contributed by atoms with van der Waals surface area (Å²) in [7, 11) is 0. The molecule has 12 aromatic carbocycles. The lowest BCUT2D eigenvalue weighted by molar-refractivity contribution is 0.633. The van der Waals surface area contributed by atoms with Crippen LogP contribution in [0.5, 0.6) is 0 Å². The van der Waals surface area contributed by atoms with Gasteiger partial charge in [0.1, 0.15) is 0 Å². The van der Waals surface area contributed by atoms with Crippen LogP contribution in [0, 0.1) is 0 Å². The second kappa shape index (κ2) is 16.1. The number of hydrogen-bond donors (Lipinski definition) is 0. The van der Waals surface area contributed by atoms with E-state index in [0.717, 1.165) is 22.7 Å². The standard InChI is InChI=1S/C77H52N2/c1-75(2)61-26-9-3-20-54(61)57-47-46-53(48-70(57)75)78(51-42-38-49(39-43-51)50-40-44-52(45-41-50)79-71-35-17-7-23-58(71)59-24-8-18-36-72(59)79)73-37-19-34-69-74(73)60-25-6-12-29-64(60)77(69)67-32-15-13-30-65(67)76(66-31-14-16-33-68(66)77)62-27-10-4-21-55(62)56-22-5-11-28-63(56)76/h3-48H,1-2H3. The normalized spacial score (nSPS) is 14.8. The third-order valence-corrected chi connectivity index (χ3v) is 18.7. The Bertz CT molecular complexity index is 4550. The SMILES string of the molecule is CC1(C)c2ccccc2-c2ccc(N(c3ccc(-c4ccc(-n5c6ccccc6c6ccccc65)cc4)cc3)c3cccc4c3-c3ccccc3C43c4ccccc4C4(c5ccccc5-c5ccccc54)c4ccccc43)cc21. The van der Waals surface area contributed by atoms with E-state index >= 15 is 0 Å². The van der Waals surface area contributed by atoms with Gasteiger partial charge in [0.05, 0.1) is 27.6 Å². The van der Waals surface area contributed by atoms with Gasteiger partial charge in [-0.25, -0.2) is 0 Å². The lowest BCUT2D eigenvalue weighted by Crippen LogP contribution is -2.43. The monoisotopic (exact) mass is 1000 g/mol. The predicted molar refractivity (Wildman–Crippen MR) is 327 cm³/mol. The van der Waals surface area contributed by atoms with Crippen LogP contribution in [0.3, 0.4) is 0 Å². The van der Waals surface area contributed by atoms with Crippen molar-refractivity contribution in [3.63, 3.8) is 0 Å². The minimum atomic E-state index is -0.616. The van der Waals surface area contributed by atoms with E-state index in [2.05, 4.69) is 302 Å². The van der Waals surface area contributed by atoms with Crippen molar-refractivity contribution in [2.24, 2.45) is 0 Å². The highest BCUT2D eigenvalue weighted by Crippen LogP contribution is 2.68. The summed E-state index contributed by atoms with van der Waals surface area (Å²) >= 11 is 0. The Morgan fingerprint density at radius 1 is 0.291 bits per heavy atom. The van der Waals surface area contributed by atoms with Crippen LogP contribution in [0.4, 0.5) is 17.1 Å². The molecule has 0 saturated carbocycles. The zero-order chi connectivity index (χ0) is 52.2. The van der Waals surface area contributed by atoms with E-state index in [4.69, 9.17) is 0 Å². The molecule has 4 aliphatic carbocycles. The van der Waals surface area contributed by atoms with Crippen LogP contribution in [0.1, 0.15) is 69.5 Å². The molecule has 0 unspecified atom stereocenters. The molecule has 2 heteroatoms. The van der Waals surface area contributed by atoms with Gasteiger partial charge in [-0.15, -0.1) is 0 Å². The molecule has 0 atom stereocenters. The van der Waals surface area contributed by atoms with E-state index < -0.39 is 10.8 Å². The Morgan fingerprint density at radius 3 is 1.24 bits per heavy atom. The van der Waals surface area contributed by atoms with Crippen molar-refractivity contribution in [1.29, 1.82) is 0 Å². The molecule has 2 nitrogen and oxygen atoms in total. The van der Waals surface area contributed by atoms with Gasteiger partial charge in [-0.1, -0.05) is 238 Å². The molecule has 13 aromatic rings. The van der Waals surface area contributed by atoms with Crippen molar-refractivity contribution in [3.05, 3.63) is 335 Å². The quantitative estimate of drug-likeness (QED) is 0.167. The average molecular weight is 1010 g/mol. The first kappa shape index (κ1) is 44.4. The fraction of sp³-hybridized carbons (Fsp3) is 0.0649. The van der Waals surface area contributed by atoms with Crippen LogP contribution in [-0.4, -0.2) is 4.57 Å². The van der Waals surface area contributed by atoms with Gasteiger partial charge in [-0.3, -0.25) is 0 Å².